The molecule has 15 heavy (non-hydrogen) atoms. The van der Waals surface area contributed by atoms with E-state index in [9.17, 15) is 0 Å². The Balaban J connectivity index is 2.62. The van der Waals surface area contributed by atoms with Gasteiger partial charge in [0.2, 0.25) is 0 Å². The molecule has 0 aliphatic heterocycles. The fourth-order valence-electron chi connectivity index (χ4n) is 2.47. The minimum atomic E-state index is -1.41. The summed E-state index contributed by atoms with van der Waals surface area (Å²) < 4.78 is 6.31. The van der Waals surface area contributed by atoms with Gasteiger partial charge in [-0.05, 0) is 65.6 Å². The molecule has 2 heteroatoms. The van der Waals surface area contributed by atoms with Crippen LogP contribution in [-0.4, -0.2) is 13.9 Å². The molecule has 1 aliphatic rings. The molecule has 0 aromatic carbocycles. The Kier molecular flexibility index (Phi) is 3.83. The average molecular weight is 226 g/mol. The summed E-state index contributed by atoms with van der Waals surface area (Å²) in [5.74, 6) is 0.702. The predicted octanol–water partition coefficient (Wildman–Crippen LogP) is 4.36. The second-order valence-corrected chi connectivity index (χ2v) is 10.8. The van der Waals surface area contributed by atoms with Crippen molar-refractivity contribution in [1.82, 2.24) is 0 Å². The van der Waals surface area contributed by atoms with E-state index < -0.39 is 8.32 Å². The first-order valence-corrected chi connectivity index (χ1v) is 9.47. The summed E-state index contributed by atoms with van der Waals surface area (Å²) in [5, 5.41) is 0. The van der Waals surface area contributed by atoms with Crippen molar-refractivity contribution >= 4 is 8.32 Å². The highest BCUT2D eigenvalue weighted by Gasteiger charge is 2.34. The number of hydrogen-bond acceptors (Lipinski definition) is 1. The zero-order valence-corrected chi connectivity index (χ0v) is 12.2. The molecule has 0 heterocycles. The largest absolute Gasteiger partial charge is 0.412 e. The van der Waals surface area contributed by atoms with Crippen LogP contribution >= 0.6 is 0 Å². The van der Waals surface area contributed by atoms with Crippen LogP contribution in [0.25, 0.3) is 0 Å². The lowest BCUT2D eigenvalue weighted by Crippen LogP contribution is -2.44. The molecule has 1 aliphatic carbocycles. The fraction of sp³-hybridized carbons (Fsp3) is 0.846. The summed E-state index contributed by atoms with van der Waals surface area (Å²) in [6.07, 6.45) is 6.13. The topological polar surface area (TPSA) is 9.23 Å². The van der Waals surface area contributed by atoms with Gasteiger partial charge in [0, 0.05) is 0 Å². The Morgan fingerprint density at radius 3 is 2.33 bits per heavy atom. The molecule has 0 spiro atoms. The SMILES string of the molecule is CC1=CCC(C(C)(C)O[Si](C)(C)C)CC1. The first kappa shape index (κ1) is 13.0. The molecule has 0 saturated carbocycles. The Morgan fingerprint density at radius 1 is 1.33 bits per heavy atom. The molecule has 1 atom stereocenters. The number of allylic oxidation sites excluding steroid dienone is 2. The second kappa shape index (κ2) is 4.42. The monoisotopic (exact) mass is 226 g/mol. The maximum Gasteiger partial charge on any atom is 0.184 e. The molecule has 0 aromatic rings. The van der Waals surface area contributed by atoms with Crippen LogP contribution in [0.2, 0.25) is 19.6 Å². The van der Waals surface area contributed by atoms with Crippen molar-refractivity contribution < 1.29 is 4.43 Å². The van der Waals surface area contributed by atoms with E-state index in [-0.39, 0.29) is 5.60 Å². The van der Waals surface area contributed by atoms with Crippen LogP contribution in [-0.2, 0) is 4.43 Å². The first-order valence-electron chi connectivity index (χ1n) is 6.06. The zero-order chi connectivity index (χ0) is 11.7. The average Bonchev–Trinajstić information content (AvgIpc) is 2.00. The van der Waals surface area contributed by atoms with Crippen molar-refractivity contribution in [1.29, 1.82) is 0 Å². The summed E-state index contributed by atoms with van der Waals surface area (Å²) in [6, 6.07) is 0. The predicted molar refractivity (Wildman–Crippen MR) is 69.6 cm³/mol. The van der Waals surface area contributed by atoms with Crippen molar-refractivity contribution in [2.24, 2.45) is 5.92 Å². The molecule has 0 saturated heterocycles. The van der Waals surface area contributed by atoms with Crippen LogP contribution in [0.5, 0.6) is 0 Å². The van der Waals surface area contributed by atoms with Gasteiger partial charge in [-0.3, -0.25) is 0 Å². The number of hydrogen-bond donors (Lipinski definition) is 0. The van der Waals surface area contributed by atoms with Gasteiger partial charge in [-0.2, -0.15) is 0 Å². The highest BCUT2D eigenvalue weighted by Crippen LogP contribution is 2.35. The molecule has 0 fully saturated rings. The van der Waals surface area contributed by atoms with Gasteiger partial charge in [-0.1, -0.05) is 11.6 Å². The molecular weight excluding hydrogens is 200 g/mol. The second-order valence-electron chi connectivity index (χ2n) is 6.34. The van der Waals surface area contributed by atoms with Crippen molar-refractivity contribution in [3.8, 4) is 0 Å². The Morgan fingerprint density at radius 2 is 1.93 bits per heavy atom. The summed E-state index contributed by atoms with van der Waals surface area (Å²) in [5.41, 5.74) is 1.61. The molecule has 1 nitrogen and oxygen atoms in total. The van der Waals surface area contributed by atoms with E-state index in [0.29, 0.717) is 5.92 Å². The standard InChI is InChI=1S/C13H26OSi/c1-11-7-9-12(10-8-11)13(2,3)14-15(4,5)6/h7,12H,8-10H2,1-6H3. The maximum atomic E-state index is 6.31. The fourth-order valence-corrected chi connectivity index (χ4v) is 4.21. The van der Waals surface area contributed by atoms with Crippen LogP contribution in [0.3, 0.4) is 0 Å². The summed E-state index contributed by atoms with van der Waals surface area (Å²) in [6.45, 7) is 13.6. The first-order chi connectivity index (χ1) is 6.71. The minimum Gasteiger partial charge on any atom is -0.412 e. The normalized spacial score (nSPS) is 23.9. The highest BCUT2D eigenvalue weighted by atomic mass is 28.4. The van der Waals surface area contributed by atoms with Crippen LogP contribution in [0.1, 0.15) is 40.0 Å². The molecule has 0 amide bonds. The maximum absolute atomic E-state index is 6.31. The summed E-state index contributed by atoms with van der Waals surface area (Å²) >= 11 is 0. The van der Waals surface area contributed by atoms with E-state index in [0.717, 1.165) is 0 Å². The third kappa shape index (κ3) is 4.11. The van der Waals surface area contributed by atoms with Gasteiger partial charge in [0.1, 0.15) is 0 Å². The van der Waals surface area contributed by atoms with Gasteiger partial charge < -0.3 is 4.43 Å². The van der Waals surface area contributed by atoms with E-state index in [2.05, 4.69) is 46.5 Å². The van der Waals surface area contributed by atoms with Crippen LogP contribution in [0, 0.1) is 5.92 Å². The third-order valence-electron chi connectivity index (χ3n) is 3.19. The Labute approximate surface area is 96.0 Å². The Hall–Kier alpha value is -0.0831. The molecule has 88 valence electrons. The quantitative estimate of drug-likeness (QED) is 0.513. The molecule has 0 aromatic heterocycles. The van der Waals surface area contributed by atoms with Crippen molar-refractivity contribution in [3.63, 3.8) is 0 Å². The summed E-state index contributed by atoms with van der Waals surface area (Å²) in [7, 11) is -1.41. The lowest BCUT2D eigenvalue weighted by Gasteiger charge is -2.40. The Bertz CT molecular complexity index is 248. The lowest BCUT2D eigenvalue weighted by atomic mass is 9.80. The van der Waals surface area contributed by atoms with E-state index in [1.807, 2.05) is 0 Å². The smallest absolute Gasteiger partial charge is 0.184 e. The van der Waals surface area contributed by atoms with E-state index in [4.69, 9.17) is 4.43 Å². The van der Waals surface area contributed by atoms with Crippen LogP contribution in [0.15, 0.2) is 11.6 Å². The number of rotatable bonds is 3. The molecule has 0 bridgehead atoms. The summed E-state index contributed by atoms with van der Waals surface area (Å²) in [4.78, 5) is 0. The molecular formula is C13H26OSi. The molecule has 0 radical (unpaired) electrons. The van der Waals surface area contributed by atoms with Crippen LogP contribution < -0.4 is 0 Å². The van der Waals surface area contributed by atoms with E-state index in [1.165, 1.54) is 19.3 Å². The van der Waals surface area contributed by atoms with Crippen molar-refractivity contribution in [2.45, 2.75) is 65.3 Å². The highest BCUT2D eigenvalue weighted by molar-refractivity contribution is 6.69. The molecule has 1 unspecified atom stereocenters. The molecule has 1 rings (SSSR count). The minimum absolute atomic E-state index is 0.0572. The van der Waals surface area contributed by atoms with Crippen molar-refractivity contribution in [3.05, 3.63) is 11.6 Å². The van der Waals surface area contributed by atoms with Gasteiger partial charge in [-0.15, -0.1) is 0 Å². The van der Waals surface area contributed by atoms with Gasteiger partial charge in [0.15, 0.2) is 8.32 Å². The lowest BCUT2D eigenvalue weighted by molar-refractivity contribution is 0.0309. The van der Waals surface area contributed by atoms with Gasteiger partial charge in [0.25, 0.3) is 0 Å². The van der Waals surface area contributed by atoms with Crippen molar-refractivity contribution in [2.75, 3.05) is 0 Å². The van der Waals surface area contributed by atoms with Gasteiger partial charge in [-0.25, -0.2) is 0 Å². The molecule has 0 N–H and O–H groups in total. The van der Waals surface area contributed by atoms with Gasteiger partial charge in [0.05, 0.1) is 5.60 Å². The van der Waals surface area contributed by atoms with E-state index >= 15 is 0 Å². The van der Waals surface area contributed by atoms with E-state index in [1.54, 1.807) is 5.57 Å². The third-order valence-corrected chi connectivity index (χ3v) is 4.33. The van der Waals surface area contributed by atoms with Gasteiger partial charge >= 0.3 is 0 Å². The zero-order valence-electron chi connectivity index (χ0n) is 11.2. The van der Waals surface area contributed by atoms with Crippen LogP contribution in [0.4, 0.5) is 0 Å².